The van der Waals surface area contributed by atoms with Crippen molar-refractivity contribution in [2.24, 2.45) is 5.73 Å². The lowest BCUT2D eigenvalue weighted by Crippen LogP contribution is -2.17. The van der Waals surface area contributed by atoms with Gasteiger partial charge in [0, 0.05) is 0 Å². The monoisotopic (exact) mass is 235 g/mol. The van der Waals surface area contributed by atoms with Crippen LogP contribution in [0.25, 0.3) is 0 Å². The number of carbonyl (C=O) groups excluding carboxylic acids is 1. The van der Waals surface area contributed by atoms with Gasteiger partial charge in [0.2, 0.25) is 0 Å². The maximum absolute atomic E-state index is 10.2. The fraction of sp³-hybridized carbons (Fsp3) is 0.900. The van der Waals surface area contributed by atoms with E-state index < -0.39 is 6.09 Å². The molecule has 0 saturated heterocycles. The van der Waals surface area contributed by atoms with Crippen LogP contribution in [-0.4, -0.2) is 51.8 Å². The normalized spacial score (nSPS) is 10.7. The Labute approximate surface area is 96.0 Å². The van der Waals surface area contributed by atoms with Crippen LogP contribution in [0, 0.1) is 0 Å². The molecule has 1 amide bonds. The number of primary amides is 1. The Kier molecular flexibility index (Phi) is 10.1. The van der Waals surface area contributed by atoms with Crippen molar-refractivity contribution >= 4 is 6.09 Å². The van der Waals surface area contributed by atoms with Gasteiger partial charge >= 0.3 is 6.09 Å². The third-order valence-corrected chi connectivity index (χ3v) is 1.52. The summed E-state index contributed by atoms with van der Waals surface area (Å²) in [6, 6.07) is 0. The molecule has 0 radical (unpaired) electrons. The summed E-state index contributed by atoms with van der Waals surface area (Å²) in [6.07, 6.45) is -0.559. The Hall–Kier alpha value is -0.850. The van der Waals surface area contributed by atoms with E-state index in [2.05, 4.69) is 4.74 Å². The zero-order valence-corrected chi connectivity index (χ0v) is 9.94. The van der Waals surface area contributed by atoms with Crippen molar-refractivity contribution in [3.63, 3.8) is 0 Å². The Morgan fingerprint density at radius 3 is 2.00 bits per heavy atom. The maximum atomic E-state index is 10.2. The first-order valence-electron chi connectivity index (χ1n) is 5.32. The van der Waals surface area contributed by atoms with Crippen molar-refractivity contribution in [3.05, 3.63) is 0 Å². The van der Waals surface area contributed by atoms with E-state index in [1.54, 1.807) is 0 Å². The van der Waals surface area contributed by atoms with Crippen molar-refractivity contribution in [2.75, 3.05) is 39.6 Å². The third kappa shape index (κ3) is 13.2. The average molecular weight is 235 g/mol. The van der Waals surface area contributed by atoms with Crippen LogP contribution < -0.4 is 5.73 Å². The molecule has 16 heavy (non-hydrogen) atoms. The Balaban J connectivity index is 2.96. The molecule has 0 unspecified atom stereocenters. The Bertz CT molecular complexity index is 175. The fourth-order valence-corrected chi connectivity index (χ4v) is 0.866. The summed E-state index contributed by atoms with van der Waals surface area (Å²) in [4.78, 5) is 10.2. The van der Waals surface area contributed by atoms with Gasteiger partial charge in [-0.15, -0.1) is 0 Å². The van der Waals surface area contributed by atoms with Gasteiger partial charge in [0.1, 0.15) is 6.61 Å². The number of hydrogen-bond donors (Lipinski definition) is 1. The Morgan fingerprint density at radius 2 is 1.50 bits per heavy atom. The molecular weight excluding hydrogens is 214 g/mol. The molecule has 6 nitrogen and oxygen atoms in total. The number of amides is 1. The van der Waals surface area contributed by atoms with Crippen LogP contribution in [-0.2, 0) is 18.9 Å². The lowest BCUT2D eigenvalue weighted by atomic mass is 10.5. The van der Waals surface area contributed by atoms with Crippen LogP contribution in [0.2, 0.25) is 0 Å². The van der Waals surface area contributed by atoms with Gasteiger partial charge in [0.25, 0.3) is 0 Å². The molecule has 2 N–H and O–H groups in total. The van der Waals surface area contributed by atoms with E-state index in [1.807, 2.05) is 13.8 Å². The second-order valence-electron chi connectivity index (χ2n) is 3.31. The van der Waals surface area contributed by atoms with Gasteiger partial charge in [-0.1, -0.05) is 0 Å². The van der Waals surface area contributed by atoms with Gasteiger partial charge in [0.15, 0.2) is 0 Å². The van der Waals surface area contributed by atoms with Crippen LogP contribution in [0.1, 0.15) is 13.8 Å². The first kappa shape index (κ1) is 15.2. The minimum atomic E-state index is -0.786. The molecule has 0 aromatic heterocycles. The van der Waals surface area contributed by atoms with E-state index in [1.165, 1.54) is 0 Å². The smallest absolute Gasteiger partial charge is 0.404 e. The molecule has 0 aromatic carbocycles. The van der Waals surface area contributed by atoms with E-state index in [4.69, 9.17) is 19.9 Å². The largest absolute Gasteiger partial charge is 0.447 e. The summed E-state index contributed by atoms with van der Waals surface area (Å²) in [5.41, 5.74) is 4.76. The van der Waals surface area contributed by atoms with E-state index >= 15 is 0 Å². The highest BCUT2D eigenvalue weighted by molar-refractivity contribution is 5.64. The summed E-state index contributed by atoms with van der Waals surface area (Å²) >= 11 is 0. The molecule has 0 heterocycles. The molecule has 0 aliphatic carbocycles. The Morgan fingerprint density at radius 1 is 1.00 bits per heavy atom. The van der Waals surface area contributed by atoms with Crippen LogP contribution in [0.4, 0.5) is 4.79 Å². The molecular formula is C10H21NO5. The number of nitrogens with two attached hydrogens (primary N) is 1. The summed E-state index contributed by atoms with van der Waals surface area (Å²) in [6.45, 7) is 6.55. The van der Waals surface area contributed by atoms with E-state index in [0.29, 0.717) is 33.0 Å². The van der Waals surface area contributed by atoms with Crippen LogP contribution in [0.15, 0.2) is 0 Å². The quantitative estimate of drug-likeness (QED) is 0.559. The highest BCUT2D eigenvalue weighted by Gasteiger charge is 1.95. The van der Waals surface area contributed by atoms with Gasteiger partial charge in [-0.25, -0.2) is 4.79 Å². The second-order valence-corrected chi connectivity index (χ2v) is 3.31. The summed E-state index contributed by atoms with van der Waals surface area (Å²) in [7, 11) is 0. The van der Waals surface area contributed by atoms with E-state index in [9.17, 15) is 4.79 Å². The fourth-order valence-electron chi connectivity index (χ4n) is 0.866. The number of rotatable bonds is 10. The zero-order valence-electron chi connectivity index (χ0n) is 9.94. The highest BCUT2D eigenvalue weighted by atomic mass is 16.6. The van der Waals surface area contributed by atoms with Gasteiger partial charge in [-0.05, 0) is 13.8 Å². The predicted molar refractivity (Wildman–Crippen MR) is 58.3 cm³/mol. The molecule has 0 saturated carbocycles. The SMILES string of the molecule is CC(C)OCCOCCOCCOC(N)=O. The molecule has 0 aliphatic rings. The van der Waals surface area contributed by atoms with Gasteiger partial charge < -0.3 is 24.7 Å². The van der Waals surface area contributed by atoms with E-state index in [0.717, 1.165) is 0 Å². The molecule has 0 atom stereocenters. The van der Waals surface area contributed by atoms with Crippen molar-refractivity contribution < 1.29 is 23.7 Å². The first-order chi connectivity index (χ1) is 7.63. The average Bonchev–Trinajstić information content (AvgIpc) is 2.20. The minimum absolute atomic E-state index is 0.172. The maximum Gasteiger partial charge on any atom is 0.404 e. The topological polar surface area (TPSA) is 80.0 Å². The van der Waals surface area contributed by atoms with E-state index in [-0.39, 0.29) is 12.7 Å². The van der Waals surface area contributed by atoms with Crippen molar-refractivity contribution in [2.45, 2.75) is 20.0 Å². The van der Waals surface area contributed by atoms with Crippen LogP contribution in [0.5, 0.6) is 0 Å². The molecule has 6 heteroatoms. The zero-order chi connectivity index (χ0) is 12.2. The van der Waals surface area contributed by atoms with Crippen molar-refractivity contribution in [1.82, 2.24) is 0 Å². The number of hydrogen-bond acceptors (Lipinski definition) is 5. The van der Waals surface area contributed by atoms with Crippen LogP contribution in [0.3, 0.4) is 0 Å². The minimum Gasteiger partial charge on any atom is -0.447 e. The summed E-state index contributed by atoms with van der Waals surface area (Å²) in [5, 5.41) is 0. The highest BCUT2D eigenvalue weighted by Crippen LogP contribution is 1.87. The lowest BCUT2D eigenvalue weighted by Gasteiger charge is -2.08. The van der Waals surface area contributed by atoms with Gasteiger partial charge in [-0.2, -0.15) is 0 Å². The molecule has 0 spiro atoms. The first-order valence-corrected chi connectivity index (χ1v) is 5.32. The molecule has 0 aromatic rings. The number of ether oxygens (including phenoxy) is 4. The van der Waals surface area contributed by atoms with Crippen molar-refractivity contribution in [3.8, 4) is 0 Å². The standard InChI is InChI=1S/C10H21NO5/c1-9(2)15-7-5-13-3-4-14-6-8-16-10(11)12/h9H,3-8H2,1-2H3,(H2,11,12). The molecule has 96 valence electrons. The number of carbonyl (C=O) groups is 1. The lowest BCUT2D eigenvalue weighted by molar-refractivity contribution is -0.00654. The summed E-state index contributed by atoms with van der Waals surface area (Å²) in [5.74, 6) is 0. The van der Waals surface area contributed by atoms with Crippen LogP contribution >= 0.6 is 0 Å². The predicted octanol–water partition coefficient (Wildman–Crippen LogP) is 0.540. The molecule has 0 fully saturated rings. The third-order valence-electron chi connectivity index (χ3n) is 1.52. The summed E-state index contributed by atoms with van der Waals surface area (Å²) < 4.78 is 20.1. The van der Waals surface area contributed by atoms with Crippen molar-refractivity contribution in [1.29, 1.82) is 0 Å². The molecule has 0 aliphatic heterocycles. The molecule has 0 bridgehead atoms. The molecule has 0 rings (SSSR count). The second kappa shape index (κ2) is 10.7. The van der Waals surface area contributed by atoms with Gasteiger partial charge in [0.05, 0.1) is 39.1 Å². The van der Waals surface area contributed by atoms with Gasteiger partial charge in [-0.3, -0.25) is 0 Å².